The number of nitrogens with zero attached hydrogens (tertiary/aromatic N) is 2. The number of anilines is 1. The molecule has 2 amide bonds. The van der Waals surface area contributed by atoms with E-state index in [1.54, 1.807) is 16.8 Å². The molecule has 1 heterocycles. The van der Waals surface area contributed by atoms with E-state index in [0.717, 1.165) is 15.7 Å². The summed E-state index contributed by atoms with van der Waals surface area (Å²) in [5, 5.41) is 0. The van der Waals surface area contributed by atoms with Gasteiger partial charge in [0.25, 0.3) is 0 Å². The van der Waals surface area contributed by atoms with Gasteiger partial charge in [0.15, 0.2) is 0 Å². The molecule has 5 nitrogen and oxygen atoms in total. The summed E-state index contributed by atoms with van der Waals surface area (Å²) in [7, 11) is 1.75. The molecular weight excluding hydrogens is 346 g/mol. The van der Waals surface area contributed by atoms with Crippen molar-refractivity contribution in [1.29, 1.82) is 0 Å². The second-order valence-corrected chi connectivity index (χ2v) is 6.73. The molecule has 0 aromatic heterocycles. The summed E-state index contributed by atoms with van der Waals surface area (Å²) in [6.45, 7) is 4.73. The number of aryl methyl sites for hydroxylation is 1. The van der Waals surface area contributed by atoms with Crippen molar-refractivity contribution in [2.75, 3.05) is 25.0 Å². The fraction of sp³-hybridized carbons (Fsp3) is 0.500. The first-order valence-corrected chi connectivity index (χ1v) is 8.17. The molecule has 1 aromatic rings. The van der Waals surface area contributed by atoms with Gasteiger partial charge >= 0.3 is 0 Å². The lowest BCUT2D eigenvalue weighted by molar-refractivity contribution is -0.136. The van der Waals surface area contributed by atoms with E-state index in [2.05, 4.69) is 15.9 Å². The van der Waals surface area contributed by atoms with Crippen molar-refractivity contribution >= 4 is 33.4 Å². The summed E-state index contributed by atoms with van der Waals surface area (Å²) in [5.74, 6) is -0.313. The normalized spacial score (nSPS) is 19.4. The highest BCUT2D eigenvalue weighted by Crippen LogP contribution is 2.29. The highest BCUT2D eigenvalue weighted by atomic mass is 79.9. The van der Waals surface area contributed by atoms with Gasteiger partial charge in [0.2, 0.25) is 11.8 Å². The first kappa shape index (κ1) is 17.0. The minimum Gasteiger partial charge on any atom is -0.341 e. The lowest BCUT2D eigenvalue weighted by Crippen LogP contribution is -2.43. The summed E-state index contributed by atoms with van der Waals surface area (Å²) >= 11 is 3.45. The SMILES string of the molecule is Cc1cc(N2CC(C(=O)N(C)C(C)CN)CC2=O)ccc1Br. The van der Waals surface area contributed by atoms with Crippen LogP contribution in [0.25, 0.3) is 0 Å². The largest absolute Gasteiger partial charge is 0.341 e. The standard InChI is InChI=1S/C16H22BrN3O2/c1-10-6-13(4-5-14(10)17)20-9-12(7-15(20)21)16(22)19(3)11(2)8-18/h4-6,11-12H,7-9,18H2,1-3H3. The van der Waals surface area contributed by atoms with Crippen molar-refractivity contribution in [3.63, 3.8) is 0 Å². The molecule has 1 aliphatic rings. The predicted molar refractivity (Wildman–Crippen MR) is 90.6 cm³/mol. The number of hydrogen-bond donors (Lipinski definition) is 1. The minimum atomic E-state index is -0.296. The molecule has 22 heavy (non-hydrogen) atoms. The van der Waals surface area contributed by atoms with Crippen molar-refractivity contribution in [3.8, 4) is 0 Å². The van der Waals surface area contributed by atoms with Crippen LogP contribution in [0.5, 0.6) is 0 Å². The second-order valence-electron chi connectivity index (χ2n) is 5.87. The molecule has 0 bridgehead atoms. The zero-order valence-corrected chi connectivity index (χ0v) is 14.8. The Morgan fingerprint density at radius 2 is 2.23 bits per heavy atom. The van der Waals surface area contributed by atoms with Gasteiger partial charge in [-0.15, -0.1) is 0 Å². The Balaban J connectivity index is 2.13. The molecule has 0 saturated carbocycles. The highest BCUT2D eigenvalue weighted by molar-refractivity contribution is 9.10. The molecule has 0 radical (unpaired) electrons. The molecule has 6 heteroatoms. The van der Waals surface area contributed by atoms with E-state index in [-0.39, 0.29) is 30.2 Å². The smallest absolute Gasteiger partial charge is 0.228 e. The quantitative estimate of drug-likeness (QED) is 0.883. The van der Waals surface area contributed by atoms with E-state index >= 15 is 0 Å². The Kier molecular flexibility index (Phi) is 5.24. The van der Waals surface area contributed by atoms with Crippen LogP contribution in [-0.4, -0.2) is 42.9 Å². The Morgan fingerprint density at radius 3 is 2.82 bits per heavy atom. The van der Waals surface area contributed by atoms with E-state index in [1.807, 2.05) is 32.0 Å². The van der Waals surface area contributed by atoms with Crippen LogP contribution in [0.3, 0.4) is 0 Å². The fourth-order valence-corrected chi connectivity index (χ4v) is 2.83. The monoisotopic (exact) mass is 367 g/mol. The minimum absolute atomic E-state index is 0.00567. The predicted octanol–water partition coefficient (Wildman–Crippen LogP) is 1.92. The molecule has 2 N–H and O–H groups in total. The third kappa shape index (κ3) is 3.33. The van der Waals surface area contributed by atoms with Gasteiger partial charge in [-0.1, -0.05) is 15.9 Å². The van der Waals surface area contributed by atoms with Crippen LogP contribution in [0.1, 0.15) is 18.9 Å². The Bertz CT molecular complexity index is 591. The number of halogens is 1. The van der Waals surface area contributed by atoms with Gasteiger partial charge in [-0.2, -0.15) is 0 Å². The van der Waals surface area contributed by atoms with E-state index in [9.17, 15) is 9.59 Å². The van der Waals surface area contributed by atoms with Crippen LogP contribution in [-0.2, 0) is 9.59 Å². The maximum Gasteiger partial charge on any atom is 0.228 e. The molecule has 2 unspecified atom stereocenters. The molecule has 0 spiro atoms. The van der Waals surface area contributed by atoms with Crippen LogP contribution in [0.4, 0.5) is 5.69 Å². The number of hydrogen-bond acceptors (Lipinski definition) is 3. The zero-order chi connectivity index (χ0) is 16.4. The van der Waals surface area contributed by atoms with Crippen molar-refractivity contribution in [1.82, 2.24) is 4.90 Å². The summed E-state index contributed by atoms with van der Waals surface area (Å²) in [6.07, 6.45) is 0.260. The van der Waals surface area contributed by atoms with E-state index in [1.165, 1.54) is 0 Å². The van der Waals surface area contributed by atoms with Gasteiger partial charge < -0.3 is 15.5 Å². The maximum absolute atomic E-state index is 12.5. The average molecular weight is 368 g/mol. The molecule has 0 aliphatic carbocycles. The van der Waals surface area contributed by atoms with E-state index in [4.69, 9.17) is 5.73 Å². The lowest BCUT2D eigenvalue weighted by Gasteiger charge is -2.26. The fourth-order valence-electron chi connectivity index (χ4n) is 2.58. The van der Waals surface area contributed by atoms with Crippen molar-refractivity contribution < 1.29 is 9.59 Å². The number of carbonyl (C=O) groups excluding carboxylic acids is 2. The summed E-state index contributed by atoms with van der Waals surface area (Å²) in [4.78, 5) is 28.1. The highest BCUT2D eigenvalue weighted by Gasteiger charge is 2.37. The lowest BCUT2D eigenvalue weighted by atomic mass is 10.1. The van der Waals surface area contributed by atoms with Gasteiger partial charge in [0.05, 0.1) is 5.92 Å². The van der Waals surface area contributed by atoms with Gasteiger partial charge in [-0.25, -0.2) is 0 Å². The average Bonchev–Trinajstić information content (AvgIpc) is 2.89. The first-order valence-electron chi connectivity index (χ1n) is 7.38. The third-order valence-corrected chi connectivity index (χ3v) is 5.17. The van der Waals surface area contributed by atoms with Crippen LogP contribution < -0.4 is 10.6 Å². The van der Waals surface area contributed by atoms with Crippen LogP contribution >= 0.6 is 15.9 Å². The van der Waals surface area contributed by atoms with Crippen LogP contribution in [0.2, 0.25) is 0 Å². The number of carbonyl (C=O) groups is 2. The summed E-state index contributed by atoms with van der Waals surface area (Å²) in [5.41, 5.74) is 7.52. The van der Waals surface area contributed by atoms with Crippen molar-refractivity contribution in [2.24, 2.45) is 11.7 Å². The third-order valence-electron chi connectivity index (χ3n) is 4.28. The maximum atomic E-state index is 12.5. The van der Waals surface area contributed by atoms with E-state index < -0.39 is 0 Å². The molecule has 2 atom stereocenters. The topological polar surface area (TPSA) is 66.6 Å². The second kappa shape index (κ2) is 6.79. The molecule has 1 saturated heterocycles. The van der Waals surface area contributed by atoms with Crippen molar-refractivity contribution in [2.45, 2.75) is 26.3 Å². The van der Waals surface area contributed by atoms with Gasteiger partial charge in [0, 0.05) is 42.8 Å². The first-order chi connectivity index (χ1) is 10.3. The Labute approximate surface area is 139 Å². The van der Waals surface area contributed by atoms with Crippen LogP contribution in [0, 0.1) is 12.8 Å². The zero-order valence-electron chi connectivity index (χ0n) is 13.2. The van der Waals surface area contributed by atoms with Gasteiger partial charge in [-0.3, -0.25) is 9.59 Å². The molecular formula is C16H22BrN3O2. The molecule has 1 aliphatic heterocycles. The van der Waals surface area contributed by atoms with Crippen LogP contribution in [0.15, 0.2) is 22.7 Å². The molecule has 2 rings (SSSR count). The van der Waals surface area contributed by atoms with Gasteiger partial charge in [0.1, 0.15) is 0 Å². The number of amides is 2. The Hall–Kier alpha value is -1.40. The summed E-state index contributed by atoms with van der Waals surface area (Å²) in [6, 6.07) is 5.76. The molecule has 1 fully saturated rings. The Morgan fingerprint density at radius 1 is 1.55 bits per heavy atom. The molecule has 120 valence electrons. The summed E-state index contributed by atoms with van der Waals surface area (Å²) < 4.78 is 1.01. The number of benzene rings is 1. The van der Waals surface area contributed by atoms with E-state index in [0.29, 0.717) is 13.1 Å². The number of rotatable bonds is 4. The number of nitrogens with two attached hydrogens (primary N) is 1. The van der Waals surface area contributed by atoms with Gasteiger partial charge in [-0.05, 0) is 37.6 Å². The number of likely N-dealkylation sites (N-methyl/N-ethyl adjacent to an activating group) is 1. The molecule has 1 aromatic carbocycles. The van der Waals surface area contributed by atoms with Crippen molar-refractivity contribution in [3.05, 3.63) is 28.2 Å².